The number of cyclic esters (lactones) is 1. The third kappa shape index (κ3) is 3.72. The summed E-state index contributed by atoms with van der Waals surface area (Å²) in [5, 5.41) is 3.56. The number of ether oxygens (including phenoxy) is 1. The molecule has 0 radical (unpaired) electrons. The molecule has 112 valence electrons. The molecule has 0 aromatic rings. The quantitative estimate of drug-likeness (QED) is 0.805. The van der Waals surface area contributed by atoms with Crippen molar-refractivity contribution in [2.75, 3.05) is 6.61 Å². The Morgan fingerprint density at radius 3 is 2.75 bits per heavy atom. The second kappa shape index (κ2) is 5.72. The van der Waals surface area contributed by atoms with Crippen LogP contribution in [0.5, 0.6) is 0 Å². The van der Waals surface area contributed by atoms with Gasteiger partial charge in [-0.3, -0.25) is 10.1 Å². The Kier molecular flexibility index (Phi) is 4.38. The molecule has 0 aromatic carbocycles. The first kappa shape index (κ1) is 15.3. The molecule has 0 spiro atoms. The van der Waals surface area contributed by atoms with Crippen LogP contribution in [-0.2, 0) is 9.53 Å². The molecule has 1 fully saturated rings. The number of rotatable bonds is 3. The van der Waals surface area contributed by atoms with Crippen molar-refractivity contribution in [2.24, 2.45) is 11.3 Å². The van der Waals surface area contributed by atoms with E-state index in [1.807, 2.05) is 6.92 Å². The lowest BCUT2D eigenvalue weighted by molar-refractivity contribution is -0.159. The molecular formula is C17H27NO2. The highest BCUT2D eigenvalue weighted by molar-refractivity contribution is 5.81. The molecule has 1 aliphatic heterocycles. The van der Waals surface area contributed by atoms with Gasteiger partial charge in [0.2, 0.25) is 0 Å². The van der Waals surface area contributed by atoms with E-state index in [1.165, 1.54) is 0 Å². The normalized spacial score (nSPS) is 34.1. The minimum absolute atomic E-state index is 0.103. The fourth-order valence-corrected chi connectivity index (χ4v) is 2.76. The van der Waals surface area contributed by atoms with E-state index < -0.39 is 5.54 Å². The first-order valence-electron chi connectivity index (χ1n) is 7.58. The standard InChI is InChI=1S/C17H27NO2/c1-16(2,3)10-11-17(4)15(19)20-12-14(18-17)13-8-6-5-7-9-13/h5-8,13-14,18H,9-12H2,1-4H3/t13?,14-,17+/m1/s1. The summed E-state index contributed by atoms with van der Waals surface area (Å²) in [6.07, 6.45) is 11.4. The van der Waals surface area contributed by atoms with Gasteiger partial charge in [-0.2, -0.15) is 0 Å². The Bertz CT molecular complexity index is 419. The van der Waals surface area contributed by atoms with Crippen LogP contribution >= 0.6 is 0 Å². The molecule has 0 amide bonds. The van der Waals surface area contributed by atoms with Gasteiger partial charge in [0.25, 0.3) is 0 Å². The summed E-state index contributed by atoms with van der Waals surface area (Å²) in [4.78, 5) is 12.1. The fraction of sp³-hybridized carbons (Fsp3) is 0.706. The van der Waals surface area contributed by atoms with E-state index in [9.17, 15) is 4.79 Å². The molecule has 2 rings (SSSR count). The highest BCUT2D eigenvalue weighted by Crippen LogP contribution is 2.30. The molecule has 1 saturated heterocycles. The first-order chi connectivity index (χ1) is 9.30. The molecule has 20 heavy (non-hydrogen) atoms. The second-order valence-corrected chi connectivity index (χ2v) is 7.45. The van der Waals surface area contributed by atoms with Crippen LogP contribution in [0.1, 0.15) is 47.0 Å². The smallest absolute Gasteiger partial charge is 0.326 e. The lowest BCUT2D eigenvalue weighted by atomic mass is 9.81. The average Bonchev–Trinajstić information content (AvgIpc) is 2.40. The summed E-state index contributed by atoms with van der Waals surface area (Å²) >= 11 is 0. The van der Waals surface area contributed by atoms with Gasteiger partial charge >= 0.3 is 5.97 Å². The summed E-state index contributed by atoms with van der Waals surface area (Å²) in [7, 11) is 0. The maximum Gasteiger partial charge on any atom is 0.326 e. The Labute approximate surface area is 122 Å². The van der Waals surface area contributed by atoms with Crippen LogP contribution in [0.25, 0.3) is 0 Å². The number of esters is 1. The number of carbonyl (C=O) groups excluding carboxylic acids is 1. The van der Waals surface area contributed by atoms with Crippen LogP contribution in [0.15, 0.2) is 24.3 Å². The van der Waals surface area contributed by atoms with E-state index in [-0.39, 0.29) is 17.4 Å². The van der Waals surface area contributed by atoms with Crippen molar-refractivity contribution < 1.29 is 9.53 Å². The van der Waals surface area contributed by atoms with Gasteiger partial charge in [0.1, 0.15) is 12.1 Å². The minimum atomic E-state index is -0.550. The highest BCUT2D eigenvalue weighted by Gasteiger charge is 2.42. The van der Waals surface area contributed by atoms with Gasteiger partial charge in [-0.1, -0.05) is 45.1 Å². The number of morpholine rings is 1. The van der Waals surface area contributed by atoms with Crippen LogP contribution < -0.4 is 5.32 Å². The van der Waals surface area contributed by atoms with Gasteiger partial charge in [0, 0.05) is 6.04 Å². The zero-order valence-corrected chi connectivity index (χ0v) is 13.1. The molecule has 0 saturated carbocycles. The van der Waals surface area contributed by atoms with Crippen molar-refractivity contribution in [3.8, 4) is 0 Å². The summed E-state index contributed by atoms with van der Waals surface area (Å²) < 4.78 is 5.47. The Morgan fingerprint density at radius 2 is 2.15 bits per heavy atom. The summed E-state index contributed by atoms with van der Waals surface area (Å²) in [5.41, 5.74) is -0.323. The van der Waals surface area contributed by atoms with Crippen LogP contribution in [0.2, 0.25) is 0 Å². The molecule has 3 nitrogen and oxygen atoms in total. The zero-order valence-electron chi connectivity index (χ0n) is 13.1. The molecular weight excluding hydrogens is 250 g/mol. The van der Waals surface area contributed by atoms with Crippen LogP contribution in [0.4, 0.5) is 0 Å². The molecule has 3 heteroatoms. The van der Waals surface area contributed by atoms with Crippen molar-refractivity contribution in [3.05, 3.63) is 24.3 Å². The van der Waals surface area contributed by atoms with Crippen LogP contribution in [0.3, 0.4) is 0 Å². The maximum absolute atomic E-state index is 12.1. The largest absolute Gasteiger partial charge is 0.463 e. The number of hydrogen-bond acceptors (Lipinski definition) is 3. The topological polar surface area (TPSA) is 38.3 Å². The van der Waals surface area contributed by atoms with Gasteiger partial charge in [0.15, 0.2) is 0 Å². The number of carbonyl (C=O) groups is 1. The molecule has 1 N–H and O–H groups in total. The van der Waals surface area contributed by atoms with Gasteiger partial charge in [-0.25, -0.2) is 0 Å². The van der Waals surface area contributed by atoms with Crippen molar-refractivity contribution >= 4 is 5.97 Å². The lowest BCUT2D eigenvalue weighted by Gasteiger charge is -2.41. The maximum atomic E-state index is 12.1. The number of hydrogen-bond donors (Lipinski definition) is 1. The van der Waals surface area contributed by atoms with Crippen molar-refractivity contribution in [3.63, 3.8) is 0 Å². The summed E-state index contributed by atoms with van der Waals surface area (Å²) in [6, 6.07) is 0.221. The highest BCUT2D eigenvalue weighted by atomic mass is 16.5. The minimum Gasteiger partial charge on any atom is -0.463 e. The third-order valence-electron chi connectivity index (χ3n) is 4.25. The van der Waals surface area contributed by atoms with Crippen molar-refractivity contribution in [2.45, 2.75) is 58.5 Å². The number of allylic oxidation sites excluding steroid dienone is 3. The Morgan fingerprint density at radius 1 is 1.40 bits per heavy atom. The predicted octanol–water partition coefficient (Wildman–Crippen LogP) is 3.22. The predicted molar refractivity (Wildman–Crippen MR) is 81.4 cm³/mol. The van der Waals surface area contributed by atoms with Gasteiger partial charge in [0.05, 0.1) is 0 Å². The fourth-order valence-electron chi connectivity index (χ4n) is 2.76. The number of nitrogens with one attached hydrogen (secondary N) is 1. The average molecular weight is 277 g/mol. The lowest BCUT2D eigenvalue weighted by Crippen LogP contribution is -2.62. The van der Waals surface area contributed by atoms with Crippen LogP contribution in [-0.4, -0.2) is 24.2 Å². The van der Waals surface area contributed by atoms with Gasteiger partial charge in [-0.05, 0) is 37.5 Å². The molecule has 0 bridgehead atoms. The zero-order chi connectivity index (χ0) is 14.8. The summed E-state index contributed by atoms with van der Waals surface area (Å²) in [5.74, 6) is 0.315. The molecule has 1 aliphatic carbocycles. The van der Waals surface area contributed by atoms with Crippen molar-refractivity contribution in [1.29, 1.82) is 0 Å². The van der Waals surface area contributed by atoms with E-state index >= 15 is 0 Å². The molecule has 2 aliphatic rings. The molecule has 3 atom stereocenters. The first-order valence-corrected chi connectivity index (χ1v) is 7.58. The monoisotopic (exact) mass is 277 g/mol. The Balaban J connectivity index is 2.01. The van der Waals surface area contributed by atoms with E-state index in [4.69, 9.17) is 4.74 Å². The van der Waals surface area contributed by atoms with Gasteiger partial charge < -0.3 is 4.74 Å². The van der Waals surface area contributed by atoms with Gasteiger partial charge in [-0.15, -0.1) is 0 Å². The SMILES string of the molecule is CC(C)(C)CC[C@]1(C)N[C@@H](C2C=CC=CC2)COC1=O. The molecule has 1 unspecified atom stereocenters. The third-order valence-corrected chi connectivity index (χ3v) is 4.25. The van der Waals surface area contributed by atoms with Crippen molar-refractivity contribution in [1.82, 2.24) is 5.32 Å². The summed E-state index contributed by atoms with van der Waals surface area (Å²) in [6.45, 7) is 9.08. The van der Waals surface area contributed by atoms with E-state index in [2.05, 4.69) is 50.4 Å². The second-order valence-electron chi connectivity index (χ2n) is 7.45. The van der Waals surface area contributed by atoms with E-state index in [0.717, 1.165) is 19.3 Å². The Hall–Kier alpha value is -1.09. The molecule has 0 aromatic heterocycles. The molecule has 1 heterocycles. The van der Waals surface area contributed by atoms with E-state index in [0.29, 0.717) is 12.5 Å². The van der Waals surface area contributed by atoms with E-state index in [1.54, 1.807) is 0 Å². The van der Waals surface area contributed by atoms with Crippen LogP contribution in [0, 0.1) is 11.3 Å².